The van der Waals surface area contributed by atoms with Crippen molar-refractivity contribution >= 4 is 25.7 Å². The summed E-state index contributed by atoms with van der Waals surface area (Å²) in [7, 11) is -2.21. The molecule has 2 N–H and O–H groups in total. The van der Waals surface area contributed by atoms with Gasteiger partial charge in [0.15, 0.2) is 0 Å². The molecule has 1 rings (SSSR count). The summed E-state index contributed by atoms with van der Waals surface area (Å²) in [5, 5.41) is 5.21. The van der Waals surface area contributed by atoms with E-state index < -0.39 is 43.1 Å². The zero-order chi connectivity index (χ0) is 27.4. The molecular formula is C24H40N3O8P. The van der Waals surface area contributed by atoms with Crippen LogP contribution in [0.15, 0.2) is 30.3 Å². The largest absolute Gasteiger partial charge is 0.445 e. The molecule has 3 amide bonds. The van der Waals surface area contributed by atoms with E-state index in [9.17, 15) is 18.9 Å². The number of alkyl carbamates (subject to hydrolysis) is 1. The van der Waals surface area contributed by atoms with Crippen molar-refractivity contribution in [1.82, 2.24) is 15.5 Å². The minimum atomic E-state index is -3.63. The molecule has 0 aliphatic rings. The highest BCUT2D eigenvalue weighted by Gasteiger charge is 2.37. The highest BCUT2D eigenvalue weighted by Crippen LogP contribution is 2.51. The highest BCUT2D eigenvalue weighted by molar-refractivity contribution is 7.54. The first-order valence-electron chi connectivity index (χ1n) is 11.9. The first-order valence-corrected chi connectivity index (χ1v) is 13.5. The van der Waals surface area contributed by atoms with E-state index in [0.717, 1.165) is 10.5 Å². The van der Waals surface area contributed by atoms with Gasteiger partial charge in [0.2, 0.25) is 5.91 Å². The summed E-state index contributed by atoms with van der Waals surface area (Å²) in [5.74, 6) is -1.57. The van der Waals surface area contributed by atoms with Crippen molar-refractivity contribution in [3.8, 4) is 0 Å². The van der Waals surface area contributed by atoms with E-state index in [0.29, 0.717) is 0 Å². The number of nitrogens with one attached hydrogen (secondary N) is 2. The summed E-state index contributed by atoms with van der Waals surface area (Å²) >= 11 is 0. The lowest BCUT2D eigenvalue weighted by Gasteiger charge is -2.31. The molecular weight excluding hydrogens is 489 g/mol. The molecule has 0 spiro atoms. The number of hydrogen-bond donors (Lipinski definition) is 2. The molecule has 0 fully saturated rings. The number of benzene rings is 1. The number of carbonyl (C=O) groups is 3. The average molecular weight is 530 g/mol. The van der Waals surface area contributed by atoms with Gasteiger partial charge in [-0.3, -0.25) is 14.3 Å². The van der Waals surface area contributed by atoms with Crippen LogP contribution in [0, 0.1) is 0 Å². The minimum Gasteiger partial charge on any atom is -0.445 e. The van der Waals surface area contributed by atoms with Gasteiger partial charge < -0.3 is 29.2 Å². The maximum atomic E-state index is 13.2. The second-order valence-corrected chi connectivity index (χ2v) is 11.3. The summed E-state index contributed by atoms with van der Waals surface area (Å²) in [6, 6.07) is 8.14. The fourth-order valence-electron chi connectivity index (χ4n) is 3.05. The van der Waals surface area contributed by atoms with Crippen LogP contribution in [0.1, 0.15) is 53.5 Å². The van der Waals surface area contributed by atoms with Gasteiger partial charge in [-0.15, -0.1) is 0 Å². The predicted octanol–water partition coefficient (Wildman–Crippen LogP) is 4.27. The van der Waals surface area contributed by atoms with Crippen LogP contribution in [0.2, 0.25) is 0 Å². The lowest BCUT2D eigenvalue weighted by atomic mass is 10.1. The summed E-state index contributed by atoms with van der Waals surface area (Å²) in [4.78, 5) is 39.1. The quantitative estimate of drug-likeness (QED) is 0.362. The standard InChI is InChI=1S/C24H40N3O8P/c1-8-33-36(31,34-9-2)18(3)26-21(28)20(27(7)23(30)35-24(4,5)6)15-16-25-22(29)32-17-19-13-11-10-12-14-19/h10-14,18,20H,8-9,15-17H2,1-7H3,(H,25,29)(H,26,28). The SMILES string of the molecule is CCOP(=O)(OCC)C(C)NC(=O)C(CCNC(=O)OCc1ccccc1)N(C)C(=O)OC(C)(C)C. The summed E-state index contributed by atoms with van der Waals surface area (Å²) in [5.41, 5.74) is 0.0512. The number of rotatable bonds is 13. The average Bonchev–Trinajstić information content (AvgIpc) is 2.79. The summed E-state index contributed by atoms with van der Waals surface area (Å²) < 4.78 is 34.2. The Labute approximate surface area is 213 Å². The second kappa shape index (κ2) is 14.8. The van der Waals surface area contributed by atoms with Gasteiger partial charge in [-0.25, -0.2) is 9.59 Å². The van der Waals surface area contributed by atoms with Crippen LogP contribution in [0.4, 0.5) is 9.59 Å². The first-order chi connectivity index (χ1) is 16.8. The molecule has 1 aromatic rings. The van der Waals surface area contributed by atoms with Gasteiger partial charge in [-0.2, -0.15) is 0 Å². The van der Waals surface area contributed by atoms with Crippen LogP contribution in [-0.2, 0) is 34.5 Å². The highest BCUT2D eigenvalue weighted by atomic mass is 31.2. The third kappa shape index (κ3) is 11.0. The van der Waals surface area contributed by atoms with Crippen molar-refractivity contribution in [3.05, 3.63) is 35.9 Å². The molecule has 0 saturated heterocycles. The third-order valence-electron chi connectivity index (χ3n) is 4.80. The van der Waals surface area contributed by atoms with Crippen LogP contribution < -0.4 is 10.6 Å². The van der Waals surface area contributed by atoms with E-state index in [-0.39, 0.29) is 32.8 Å². The Kier molecular flexibility index (Phi) is 12.9. The first kappa shape index (κ1) is 31.4. The summed E-state index contributed by atoms with van der Waals surface area (Å²) in [6.45, 7) is 10.4. The van der Waals surface area contributed by atoms with E-state index in [1.54, 1.807) is 34.6 Å². The van der Waals surface area contributed by atoms with Crippen LogP contribution in [0.25, 0.3) is 0 Å². The van der Waals surface area contributed by atoms with Crippen molar-refractivity contribution in [2.75, 3.05) is 26.8 Å². The Hall–Kier alpha value is -2.62. The molecule has 0 saturated carbocycles. The van der Waals surface area contributed by atoms with E-state index in [4.69, 9.17) is 18.5 Å². The van der Waals surface area contributed by atoms with Crippen molar-refractivity contribution in [2.24, 2.45) is 0 Å². The predicted molar refractivity (Wildman–Crippen MR) is 135 cm³/mol. The van der Waals surface area contributed by atoms with Gasteiger partial charge in [-0.05, 0) is 53.5 Å². The van der Waals surface area contributed by atoms with Gasteiger partial charge >= 0.3 is 19.8 Å². The molecule has 11 nitrogen and oxygen atoms in total. The van der Waals surface area contributed by atoms with Gasteiger partial charge in [-0.1, -0.05) is 30.3 Å². The summed E-state index contributed by atoms with van der Waals surface area (Å²) in [6.07, 6.45) is -1.34. The number of nitrogens with zero attached hydrogens (tertiary/aromatic N) is 1. The third-order valence-corrected chi connectivity index (χ3v) is 7.11. The Morgan fingerprint density at radius 1 is 1.06 bits per heavy atom. The Balaban J connectivity index is 2.87. The maximum absolute atomic E-state index is 13.2. The molecule has 1 aromatic carbocycles. The van der Waals surface area contributed by atoms with Crippen molar-refractivity contribution in [3.63, 3.8) is 0 Å². The van der Waals surface area contributed by atoms with E-state index in [1.807, 2.05) is 30.3 Å². The molecule has 0 aliphatic carbocycles. The van der Waals surface area contributed by atoms with E-state index in [1.165, 1.54) is 14.0 Å². The van der Waals surface area contributed by atoms with Crippen molar-refractivity contribution in [1.29, 1.82) is 0 Å². The second-order valence-electron chi connectivity index (χ2n) is 8.94. The number of likely N-dealkylation sites (N-methyl/N-ethyl adjacent to an activating group) is 1. The molecule has 12 heteroatoms. The molecule has 2 unspecified atom stereocenters. The molecule has 36 heavy (non-hydrogen) atoms. The Bertz CT molecular complexity index is 881. The molecule has 204 valence electrons. The number of amides is 3. The molecule has 0 radical (unpaired) electrons. The van der Waals surface area contributed by atoms with E-state index >= 15 is 0 Å². The van der Waals surface area contributed by atoms with Crippen molar-refractivity contribution < 1.29 is 37.5 Å². The smallest absolute Gasteiger partial charge is 0.410 e. The molecule has 0 aliphatic heterocycles. The monoisotopic (exact) mass is 529 g/mol. The van der Waals surface area contributed by atoms with Crippen LogP contribution in [0.3, 0.4) is 0 Å². The van der Waals surface area contributed by atoms with Gasteiger partial charge in [0.05, 0.1) is 13.2 Å². The molecule has 0 heterocycles. The fourth-order valence-corrected chi connectivity index (χ4v) is 4.58. The lowest BCUT2D eigenvalue weighted by Crippen LogP contribution is -2.52. The fraction of sp³-hybridized carbons (Fsp3) is 0.625. The maximum Gasteiger partial charge on any atom is 0.410 e. The van der Waals surface area contributed by atoms with Crippen molar-refractivity contribution in [2.45, 2.75) is 72.0 Å². The molecule has 0 aromatic heterocycles. The van der Waals surface area contributed by atoms with Gasteiger partial charge in [0.25, 0.3) is 0 Å². The number of hydrogen-bond acceptors (Lipinski definition) is 8. The van der Waals surface area contributed by atoms with Gasteiger partial charge in [0, 0.05) is 13.6 Å². The van der Waals surface area contributed by atoms with Crippen LogP contribution in [-0.4, -0.2) is 67.2 Å². The number of carbonyl (C=O) groups excluding carboxylic acids is 3. The van der Waals surface area contributed by atoms with E-state index in [2.05, 4.69) is 10.6 Å². The minimum absolute atomic E-state index is 0.0296. The van der Waals surface area contributed by atoms with Gasteiger partial charge in [0.1, 0.15) is 24.0 Å². The molecule has 2 atom stereocenters. The molecule has 0 bridgehead atoms. The zero-order valence-corrected chi connectivity index (χ0v) is 23.1. The topological polar surface area (TPSA) is 132 Å². The number of ether oxygens (including phenoxy) is 2. The lowest BCUT2D eigenvalue weighted by molar-refractivity contribution is -0.126. The normalized spacial score (nSPS) is 13.3. The van der Waals surface area contributed by atoms with Crippen LogP contribution >= 0.6 is 7.60 Å². The zero-order valence-electron chi connectivity index (χ0n) is 22.2. The Morgan fingerprint density at radius 2 is 1.64 bits per heavy atom. The Morgan fingerprint density at radius 3 is 2.17 bits per heavy atom. The van der Waals surface area contributed by atoms with Crippen LogP contribution in [0.5, 0.6) is 0 Å².